The maximum atomic E-state index is 13.0. The van der Waals surface area contributed by atoms with Crippen molar-refractivity contribution in [3.8, 4) is 11.5 Å². The number of aryl methyl sites for hydroxylation is 2. The largest absolute Gasteiger partial charge is 0.497 e. The highest BCUT2D eigenvalue weighted by atomic mass is 17.2. The van der Waals surface area contributed by atoms with E-state index in [1.54, 1.807) is 28.1 Å². The predicted octanol–water partition coefficient (Wildman–Crippen LogP) is 3.58. The molecule has 2 saturated heterocycles. The van der Waals surface area contributed by atoms with Crippen LogP contribution in [0.4, 0.5) is 0 Å². The summed E-state index contributed by atoms with van der Waals surface area (Å²) in [7, 11) is 3.18. The van der Waals surface area contributed by atoms with Crippen molar-refractivity contribution in [1.29, 1.82) is 0 Å². The average molecular weight is 799 g/mol. The summed E-state index contributed by atoms with van der Waals surface area (Å²) in [6, 6.07) is 24.7. The minimum Gasteiger partial charge on any atom is -0.497 e. The summed E-state index contributed by atoms with van der Waals surface area (Å²) in [5.41, 5.74) is -0.757. The van der Waals surface area contributed by atoms with Gasteiger partial charge >= 0.3 is 11.4 Å². The van der Waals surface area contributed by atoms with E-state index in [0.29, 0.717) is 23.5 Å². The fourth-order valence-corrected chi connectivity index (χ4v) is 7.57. The number of aliphatic hydroxyl groups is 1. The first-order valence-electron chi connectivity index (χ1n) is 18.9. The summed E-state index contributed by atoms with van der Waals surface area (Å²) in [4.78, 5) is 66.1. The van der Waals surface area contributed by atoms with E-state index in [9.17, 15) is 24.3 Å². The van der Waals surface area contributed by atoms with Gasteiger partial charge in [-0.2, -0.15) is 0 Å². The number of benzene rings is 3. The van der Waals surface area contributed by atoms with Gasteiger partial charge in [-0.1, -0.05) is 61.5 Å². The number of hydrogen-bond donors (Lipinski definition) is 3. The molecule has 0 spiro atoms. The summed E-state index contributed by atoms with van der Waals surface area (Å²) in [5, 5.41) is 10.9. The van der Waals surface area contributed by atoms with Gasteiger partial charge in [0.1, 0.15) is 48.4 Å². The summed E-state index contributed by atoms with van der Waals surface area (Å²) in [6.07, 6.45) is -2.70. The van der Waals surface area contributed by atoms with Crippen molar-refractivity contribution in [2.45, 2.75) is 76.3 Å². The third kappa shape index (κ3) is 8.07. The number of methoxy groups -OCH3 is 2. The van der Waals surface area contributed by atoms with Crippen LogP contribution in [0.1, 0.15) is 60.0 Å². The van der Waals surface area contributed by atoms with Crippen LogP contribution in [0.25, 0.3) is 0 Å². The van der Waals surface area contributed by atoms with E-state index in [4.69, 9.17) is 33.5 Å². The summed E-state index contributed by atoms with van der Waals surface area (Å²) < 4.78 is 33.6. The van der Waals surface area contributed by atoms with Crippen LogP contribution in [0.2, 0.25) is 0 Å². The molecule has 0 amide bonds. The third-order valence-electron chi connectivity index (χ3n) is 10.7. The lowest BCUT2D eigenvalue weighted by Gasteiger charge is -2.41. The second-order valence-corrected chi connectivity index (χ2v) is 14.5. The molecule has 5 aromatic rings. The van der Waals surface area contributed by atoms with Crippen molar-refractivity contribution >= 4 is 0 Å². The molecule has 2 aliphatic heterocycles. The second kappa shape index (κ2) is 17.1. The number of nitrogens with one attached hydrogen (secondary N) is 2. The van der Waals surface area contributed by atoms with Crippen LogP contribution < -0.4 is 32.0 Å². The van der Waals surface area contributed by atoms with Crippen molar-refractivity contribution in [3.63, 3.8) is 0 Å². The Morgan fingerprint density at radius 3 is 1.76 bits per heavy atom. The van der Waals surface area contributed by atoms with Crippen molar-refractivity contribution in [2.24, 2.45) is 5.92 Å². The number of aliphatic hydroxyl groups excluding tert-OH is 1. The van der Waals surface area contributed by atoms with Gasteiger partial charge in [0.2, 0.25) is 6.29 Å². The molecule has 16 heteroatoms. The molecule has 306 valence electrons. The molecule has 3 N–H and O–H groups in total. The molecule has 0 radical (unpaired) electrons. The Morgan fingerprint density at radius 1 is 0.741 bits per heavy atom. The number of ether oxygens (including phenoxy) is 5. The molecule has 2 fully saturated rings. The van der Waals surface area contributed by atoms with Crippen LogP contribution in [0.15, 0.2) is 110 Å². The smallest absolute Gasteiger partial charge is 0.330 e. The SMILES string of the molecule is COc1ccc(C(OC(COOC2OC(n3cc(C)c(=O)[nH]c3=O)CC2O)[C@H]2O[C@@H](n3cc(C)c(=O)[nH]c3=O)C[C@@H]2C)(c2ccccc2)c2ccc(OC)cc2)cc1. The average Bonchev–Trinajstić information content (AvgIpc) is 3.80. The van der Waals surface area contributed by atoms with Crippen LogP contribution in [0.5, 0.6) is 11.5 Å². The molecule has 7 rings (SSSR count). The van der Waals surface area contributed by atoms with E-state index in [2.05, 4.69) is 9.97 Å². The van der Waals surface area contributed by atoms with E-state index in [0.717, 1.165) is 16.7 Å². The van der Waals surface area contributed by atoms with Gasteiger partial charge in [-0.05, 0) is 67.1 Å². The predicted molar refractivity (Wildman–Crippen MR) is 209 cm³/mol. The number of aromatic amines is 2. The van der Waals surface area contributed by atoms with Crippen LogP contribution in [-0.2, 0) is 29.6 Å². The Bertz CT molecular complexity index is 2380. The Morgan fingerprint density at radius 2 is 1.24 bits per heavy atom. The molecule has 0 bridgehead atoms. The molecule has 4 unspecified atom stereocenters. The van der Waals surface area contributed by atoms with Gasteiger partial charge in [-0.15, -0.1) is 0 Å². The standard InChI is InChI=1S/C42H46N4O12/c1-24-19-34(45-21-25(2)37(48)43-40(45)50)55-36(24)33(23-54-58-39-32(47)20-35(56-39)46-22-26(3)38(49)44-41(46)51)57-42(27-9-7-6-8-10-27,28-11-15-30(52-4)16-12-28)29-13-17-31(53-5)18-14-29/h6-18,21-22,24,32-36,39,47H,19-20,23H2,1-5H3,(H,43,48,50)(H,44,49,51)/t24-,32?,33?,34+,35?,36-,39?/m0/s1. The quantitative estimate of drug-likeness (QED) is 0.0842. The van der Waals surface area contributed by atoms with E-state index in [-0.39, 0.29) is 24.5 Å². The minimum atomic E-state index is -1.32. The molecule has 0 aliphatic carbocycles. The van der Waals surface area contributed by atoms with Crippen LogP contribution in [0.3, 0.4) is 0 Å². The van der Waals surface area contributed by atoms with Gasteiger partial charge < -0.3 is 28.8 Å². The van der Waals surface area contributed by atoms with E-state index in [1.165, 1.54) is 21.5 Å². The number of nitrogens with zero attached hydrogens (tertiary/aromatic N) is 2. The van der Waals surface area contributed by atoms with Crippen molar-refractivity contribution in [3.05, 3.63) is 161 Å². The first-order valence-corrected chi connectivity index (χ1v) is 18.9. The number of aromatic nitrogens is 4. The molecule has 2 aromatic heterocycles. The molecule has 4 heterocycles. The lowest BCUT2D eigenvalue weighted by atomic mass is 9.79. The summed E-state index contributed by atoms with van der Waals surface area (Å²) >= 11 is 0. The number of rotatable bonds is 14. The molecule has 16 nitrogen and oxygen atoms in total. The van der Waals surface area contributed by atoms with Crippen LogP contribution in [0, 0.1) is 19.8 Å². The van der Waals surface area contributed by atoms with Gasteiger partial charge in [0.25, 0.3) is 11.1 Å². The maximum Gasteiger partial charge on any atom is 0.330 e. The van der Waals surface area contributed by atoms with E-state index < -0.39 is 65.2 Å². The Balaban J connectivity index is 1.27. The first kappa shape index (κ1) is 40.6. The molecule has 0 saturated carbocycles. The Hall–Kier alpha value is -5.62. The highest BCUT2D eigenvalue weighted by Gasteiger charge is 2.47. The first-order chi connectivity index (χ1) is 27.9. The lowest BCUT2D eigenvalue weighted by Crippen LogP contribution is -2.45. The number of hydrogen-bond acceptors (Lipinski definition) is 12. The van der Waals surface area contributed by atoms with Gasteiger partial charge in [-0.25, -0.2) is 19.4 Å². The van der Waals surface area contributed by atoms with Gasteiger partial charge in [-0.3, -0.25) is 28.7 Å². The van der Waals surface area contributed by atoms with E-state index >= 15 is 0 Å². The summed E-state index contributed by atoms with van der Waals surface area (Å²) in [6.45, 7) is 4.86. The fraction of sp³-hybridized carbons (Fsp3) is 0.381. The zero-order valence-corrected chi connectivity index (χ0v) is 32.7. The zero-order valence-electron chi connectivity index (χ0n) is 32.7. The Labute approximate surface area is 332 Å². The van der Waals surface area contributed by atoms with Gasteiger partial charge in [0.15, 0.2) is 0 Å². The van der Waals surface area contributed by atoms with Crippen LogP contribution >= 0.6 is 0 Å². The normalized spacial score (nSPS) is 22.5. The molecule has 3 aromatic carbocycles. The van der Waals surface area contributed by atoms with E-state index in [1.807, 2.05) is 85.8 Å². The monoisotopic (exact) mass is 798 g/mol. The van der Waals surface area contributed by atoms with Crippen molar-refractivity contribution < 1.29 is 38.6 Å². The minimum absolute atomic E-state index is 0.0246. The lowest BCUT2D eigenvalue weighted by molar-refractivity contribution is -0.398. The van der Waals surface area contributed by atoms with Crippen LogP contribution in [-0.4, -0.2) is 69.6 Å². The summed E-state index contributed by atoms with van der Waals surface area (Å²) in [5.74, 6) is 1.04. The van der Waals surface area contributed by atoms with Crippen molar-refractivity contribution in [1.82, 2.24) is 19.1 Å². The molecule has 7 atom stereocenters. The van der Waals surface area contributed by atoms with Gasteiger partial charge in [0, 0.05) is 29.9 Å². The molecule has 2 aliphatic rings. The molecular formula is C42H46N4O12. The Kier molecular flexibility index (Phi) is 11.9. The van der Waals surface area contributed by atoms with Crippen molar-refractivity contribution in [2.75, 3.05) is 20.8 Å². The topological polar surface area (TPSA) is 195 Å². The zero-order chi connectivity index (χ0) is 41.1. The second-order valence-electron chi connectivity index (χ2n) is 14.5. The molecular weight excluding hydrogens is 752 g/mol. The fourth-order valence-electron chi connectivity index (χ4n) is 7.57. The highest BCUT2D eigenvalue weighted by Crippen LogP contribution is 2.45. The van der Waals surface area contributed by atoms with Gasteiger partial charge in [0.05, 0.1) is 20.3 Å². The third-order valence-corrected chi connectivity index (χ3v) is 10.7. The molecule has 58 heavy (non-hydrogen) atoms. The number of H-pyrrole nitrogens is 2. The highest BCUT2D eigenvalue weighted by molar-refractivity contribution is 5.50. The maximum absolute atomic E-state index is 13.0.